The lowest BCUT2D eigenvalue weighted by Gasteiger charge is -2.40. The van der Waals surface area contributed by atoms with Gasteiger partial charge in [0.25, 0.3) is 0 Å². The largest absolute Gasteiger partial charge is 0.322 e. The summed E-state index contributed by atoms with van der Waals surface area (Å²) in [7, 11) is 4.14. The molecule has 1 rings (SSSR count). The Balaban J connectivity index is 2.96. The van der Waals surface area contributed by atoms with E-state index in [9.17, 15) is 0 Å². The van der Waals surface area contributed by atoms with Crippen LogP contribution < -0.4 is 5.73 Å². The molecule has 2 nitrogen and oxygen atoms in total. The molecule has 0 spiro atoms. The van der Waals surface area contributed by atoms with E-state index in [4.69, 9.17) is 17.3 Å². The quantitative estimate of drug-likeness (QED) is 0.885. The fourth-order valence-electron chi connectivity index (χ4n) is 1.62. The molecule has 86 valence electrons. The van der Waals surface area contributed by atoms with Crippen molar-refractivity contribution < 1.29 is 0 Å². The molecule has 2 atom stereocenters. The summed E-state index contributed by atoms with van der Waals surface area (Å²) in [5.41, 5.74) is 6.29. The number of hydrogen-bond donors (Lipinski definition) is 1. The molecule has 0 fully saturated rings. The minimum Gasteiger partial charge on any atom is -0.322 e. The van der Waals surface area contributed by atoms with Crippen molar-refractivity contribution in [3.05, 3.63) is 21.3 Å². The van der Waals surface area contributed by atoms with Crippen molar-refractivity contribution in [2.45, 2.75) is 31.8 Å². The molecule has 4 heteroatoms. The van der Waals surface area contributed by atoms with Crippen LogP contribution in [0.5, 0.6) is 0 Å². The molecule has 1 aromatic heterocycles. The molecule has 1 heterocycles. The predicted molar refractivity (Wildman–Crippen MR) is 68.6 cm³/mol. The maximum atomic E-state index is 6.31. The Kier molecular flexibility index (Phi) is 4.18. The molecule has 1 aromatic rings. The summed E-state index contributed by atoms with van der Waals surface area (Å²) in [5.74, 6) is 0. The van der Waals surface area contributed by atoms with E-state index in [0.29, 0.717) is 0 Å². The summed E-state index contributed by atoms with van der Waals surface area (Å²) in [6, 6.07) is 3.94. The Morgan fingerprint density at radius 1 is 1.53 bits per heavy atom. The zero-order valence-electron chi connectivity index (χ0n) is 9.75. The zero-order chi connectivity index (χ0) is 11.6. The van der Waals surface area contributed by atoms with Gasteiger partial charge in [0, 0.05) is 10.4 Å². The maximum Gasteiger partial charge on any atom is 0.0931 e. The Labute approximate surface area is 101 Å². The summed E-state index contributed by atoms with van der Waals surface area (Å²) in [6.45, 7) is 4.35. The Hall–Kier alpha value is -0.0900. The Bertz CT molecular complexity index is 324. The second-order valence-electron chi connectivity index (χ2n) is 4.22. The summed E-state index contributed by atoms with van der Waals surface area (Å²) >= 11 is 7.50. The maximum absolute atomic E-state index is 6.31. The number of nitrogens with zero attached hydrogens (tertiary/aromatic N) is 1. The first kappa shape index (κ1) is 13.0. The molecule has 0 aliphatic rings. The highest BCUT2D eigenvalue weighted by atomic mass is 35.5. The van der Waals surface area contributed by atoms with Crippen molar-refractivity contribution in [2.24, 2.45) is 5.73 Å². The highest BCUT2D eigenvalue weighted by molar-refractivity contribution is 7.16. The van der Waals surface area contributed by atoms with E-state index in [0.717, 1.165) is 15.6 Å². The molecule has 0 saturated carbocycles. The smallest absolute Gasteiger partial charge is 0.0931 e. The summed E-state index contributed by atoms with van der Waals surface area (Å²) < 4.78 is 0.803. The number of likely N-dealkylation sites (N-methyl/N-ethyl adjacent to an activating group) is 1. The van der Waals surface area contributed by atoms with Crippen LogP contribution in [-0.2, 0) is 0 Å². The summed E-state index contributed by atoms with van der Waals surface area (Å²) in [6.07, 6.45) is 1.01. The number of nitrogens with two attached hydrogens (primary N) is 1. The van der Waals surface area contributed by atoms with E-state index in [-0.39, 0.29) is 11.6 Å². The summed E-state index contributed by atoms with van der Waals surface area (Å²) in [5, 5.41) is 0. The van der Waals surface area contributed by atoms with Gasteiger partial charge in [0.15, 0.2) is 0 Å². The number of hydrogen-bond acceptors (Lipinski definition) is 3. The van der Waals surface area contributed by atoms with Crippen molar-refractivity contribution in [1.29, 1.82) is 0 Å². The van der Waals surface area contributed by atoms with Crippen LogP contribution in [0, 0.1) is 0 Å². The number of thiophene rings is 1. The van der Waals surface area contributed by atoms with Gasteiger partial charge in [0.05, 0.1) is 10.4 Å². The highest BCUT2D eigenvalue weighted by Crippen LogP contribution is 2.35. The van der Waals surface area contributed by atoms with Crippen LogP contribution in [0.1, 0.15) is 31.2 Å². The molecule has 0 aliphatic heterocycles. The first-order valence-electron chi connectivity index (χ1n) is 5.10. The Morgan fingerprint density at radius 3 is 2.47 bits per heavy atom. The first-order valence-corrected chi connectivity index (χ1v) is 6.29. The fourth-order valence-corrected chi connectivity index (χ4v) is 2.82. The standard InChI is InChI=1S/C11H19ClN2S/c1-5-11(2,14(3)4)10(13)8-6-7-9(12)15-8/h6-7,10H,5,13H2,1-4H3. The lowest BCUT2D eigenvalue weighted by molar-refractivity contribution is 0.133. The van der Waals surface area contributed by atoms with Crippen molar-refractivity contribution in [3.8, 4) is 0 Å². The van der Waals surface area contributed by atoms with Crippen LogP contribution >= 0.6 is 22.9 Å². The van der Waals surface area contributed by atoms with Crippen LogP contribution in [0.2, 0.25) is 4.34 Å². The average Bonchev–Trinajstić information content (AvgIpc) is 2.62. The fraction of sp³-hybridized carbons (Fsp3) is 0.636. The molecule has 0 aliphatic carbocycles. The molecule has 0 bridgehead atoms. The van der Waals surface area contributed by atoms with Gasteiger partial charge >= 0.3 is 0 Å². The monoisotopic (exact) mass is 246 g/mol. The van der Waals surface area contributed by atoms with Crippen molar-refractivity contribution in [1.82, 2.24) is 4.90 Å². The van der Waals surface area contributed by atoms with E-state index in [1.807, 2.05) is 12.1 Å². The lowest BCUT2D eigenvalue weighted by Crippen LogP contribution is -2.49. The van der Waals surface area contributed by atoms with E-state index in [2.05, 4.69) is 32.8 Å². The third-order valence-electron chi connectivity index (χ3n) is 3.31. The minimum atomic E-state index is -0.0197. The number of rotatable bonds is 4. The molecule has 15 heavy (non-hydrogen) atoms. The molecule has 0 saturated heterocycles. The third-order valence-corrected chi connectivity index (χ3v) is 4.62. The van der Waals surface area contributed by atoms with Crippen LogP contribution in [0.25, 0.3) is 0 Å². The zero-order valence-corrected chi connectivity index (χ0v) is 11.3. The lowest BCUT2D eigenvalue weighted by atomic mass is 9.87. The van der Waals surface area contributed by atoms with E-state index in [1.165, 1.54) is 0 Å². The summed E-state index contributed by atoms with van der Waals surface area (Å²) in [4.78, 5) is 3.34. The van der Waals surface area contributed by atoms with Crippen LogP contribution in [0.3, 0.4) is 0 Å². The van der Waals surface area contributed by atoms with Gasteiger partial charge in [-0.1, -0.05) is 18.5 Å². The highest BCUT2D eigenvalue weighted by Gasteiger charge is 2.33. The molecule has 0 radical (unpaired) electrons. The average molecular weight is 247 g/mol. The second kappa shape index (κ2) is 4.83. The van der Waals surface area contributed by atoms with Gasteiger partial charge in [-0.3, -0.25) is 0 Å². The molecular formula is C11H19ClN2S. The van der Waals surface area contributed by atoms with Gasteiger partial charge in [-0.2, -0.15) is 0 Å². The normalized spacial score (nSPS) is 17.8. The van der Waals surface area contributed by atoms with E-state index in [1.54, 1.807) is 11.3 Å². The minimum absolute atomic E-state index is 0.00926. The molecule has 2 unspecified atom stereocenters. The molecular weight excluding hydrogens is 228 g/mol. The van der Waals surface area contributed by atoms with Crippen LogP contribution in [0.4, 0.5) is 0 Å². The van der Waals surface area contributed by atoms with Gasteiger partial charge in [-0.15, -0.1) is 11.3 Å². The van der Waals surface area contributed by atoms with Gasteiger partial charge in [-0.05, 0) is 39.6 Å². The number of halogens is 1. The van der Waals surface area contributed by atoms with Crippen molar-refractivity contribution in [2.75, 3.05) is 14.1 Å². The molecule has 0 amide bonds. The van der Waals surface area contributed by atoms with Gasteiger partial charge in [0.2, 0.25) is 0 Å². The van der Waals surface area contributed by atoms with Crippen LogP contribution in [0.15, 0.2) is 12.1 Å². The molecule has 0 aromatic carbocycles. The van der Waals surface area contributed by atoms with E-state index < -0.39 is 0 Å². The van der Waals surface area contributed by atoms with Crippen molar-refractivity contribution in [3.63, 3.8) is 0 Å². The van der Waals surface area contributed by atoms with Gasteiger partial charge < -0.3 is 10.6 Å². The Morgan fingerprint density at radius 2 is 2.13 bits per heavy atom. The molecule has 2 N–H and O–H groups in total. The van der Waals surface area contributed by atoms with Crippen molar-refractivity contribution >= 4 is 22.9 Å². The predicted octanol–water partition coefficient (Wildman–Crippen LogP) is 3.13. The topological polar surface area (TPSA) is 29.3 Å². The van der Waals surface area contributed by atoms with E-state index >= 15 is 0 Å². The SMILES string of the molecule is CCC(C)(C(N)c1ccc(Cl)s1)N(C)C. The van der Waals surface area contributed by atoms with Crippen LogP contribution in [-0.4, -0.2) is 24.5 Å². The third kappa shape index (κ3) is 2.53. The van der Waals surface area contributed by atoms with Gasteiger partial charge in [0.1, 0.15) is 0 Å². The second-order valence-corrected chi connectivity index (χ2v) is 5.97. The first-order chi connectivity index (χ1) is 6.91. The van der Waals surface area contributed by atoms with Gasteiger partial charge in [-0.25, -0.2) is 0 Å².